The summed E-state index contributed by atoms with van der Waals surface area (Å²) in [6, 6.07) is 11.1. The first-order chi connectivity index (χ1) is 17.8. The summed E-state index contributed by atoms with van der Waals surface area (Å²) in [6.45, 7) is 3.64. The molecule has 0 unspecified atom stereocenters. The smallest absolute Gasteiger partial charge is 0.333 e. The van der Waals surface area contributed by atoms with Gasteiger partial charge in [-0.2, -0.15) is 23.5 Å². The molecule has 1 fully saturated rings. The van der Waals surface area contributed by atoms with Gasteiger partial charge in [-0.1, -0.05) is 30.3 Å². The summed E-state index contributed by atoms with van der Waals surface area (Å²) in [5.74, 6) is -0.533. The molecule has 6 nitrogen and oxygen atoms in total. The highest BCUT2D eigenvalue weighted by Crippen LogP contribution is 2.44. The number of hydrogen-bond acceptors (Lipinski definition) is 5. The number of aromatic nitrogens is 2. The lowest BCUT2D eigenvalue weighted by atomic mass is 9.83. The van der Waals surface area contributed by atoms with E-state index in [0.29, 0.717) is 35.6 Å². The lowest BCUT2D eigenvalue weighted by Crippen LogP contribution is -2.37. The third-order valence-corrected chi connectivity index (χ3v) is 7.97. The number of halogens is 3. The zero-order chi connectivity index (χ0) is 26.2. The van der Waals surface area contributed by atoms with E-state index in [1.807, 2.05) is 18.2 Å². The van der Waals surface area contributed by atoms with E-state index in [9.17, 15) is 23.2 Å². The van der Waals surface area contributed by atoms with E-state index in [4.69, 9.17) is 0 Å². The Morgan fingerprint density at radius 2 is 2.11 bits per heavy atom. The fourth-order valence-electron chi connectivity index (χ4n) is 5.12. The highest BCUT2D eigenvalue weighted by molar-refractivity contribution is 7.12. The lowest BCUT2D eigenvalue weighted by Gasteiger charge is -2.33. The van der Waals surface area contributed by atoms with Crippen LogP contribution in [-0.2, 0) is 24.1 Å². The molecule has 2 aromatic heterocycles. The predicted octanol–water partition coefficient (Wildman–Crippen LogP) is 5.30. The van der Waals surface area contributed by atoms with Gasteiger partial charge in [0.1, 0.15) is 10.9 Å². The van der Waals surface area contributed by atoms with Crippen molar-refractivity contribution in [1.29, 1.82) is 5.26 Å². The van der Waals surface area contributed by atoms with Crippen molar-refractivity contribution in [2.24, 2.45) is 0 Å². The molecular formula is C27H26F3N5OS. The molecule has 3 aromatic rings. The van der Waals surface area contributed by atoms with Crippen LogP contribution in [0.2, 0.25) is 0 Å². The van der Waals surface area contributed by atoms with Gasteiger partial charge in [-0.15, -0.1) is 11.3 Å². The number of hydrogen-bond donors (Lipinski definition) is 1. The van der Waals surface area contributed by atoms with Gasteiger partial charge in [0, 0.05) is 47.8 Å². The molecule has 1 amide bonds. The molecule has 37 heavy (non-hydrogen) atoms. The van der Waals surface area contributed by atoms with Gasteiger partial charge in [-0.25, -0.2) is 0 Å². The van der Waals surface area contributed by atoms with Crippen LogP contribution in [0, 0.1) is 11.3 Å². The molecule has 1 saturated heterocycles. The lowest BCUT2D eigenvalue weighted by molar-refractivity contribution is -0.141. The molecule has 192 valence electrons. The van der Waals surface area contributed by atoms with Gasteiger partial charge in [-0.3, -0.25) is 9.48 Å². The second-order valence-corrected chi connectivity index (χ2v) is 10.4. The quantitative estimate of drug-likeness (QED) is 0.459. The van der Waals surface area contributed by atoms with Crippen LogP contribution in [-0.4, -0.2) is 39.7 Å². The minimum atomic E-state index is -4.61. The predicted molar refractivity (Wildman–Crippen MR) is 135 cm³/mol. The standard InChI is InChI=1S/C27H26F3N5OS/c1-2-35-15-23(26(33-35)27(28,29)30)20-8-4-3-7-19(20)22-14-34(16-24-21(22)12-18(13-31)37-24)25(36)10-9-17-6-5-11-32-17/h3-4,7-10,12,15,17,22,32H,2,5-6,11,14,16H2,1H3/b10-9+/t17-,22-/m0/s1. The number of rotatable bonds is 5. The summed E-state index contributed by atoms with van der Waals surface area (Å²) in [7, 11) is 0. The maximum Gasteiger partial charge on any atom is 0.435 e. The van der Waals surface area contributed by atoms with E-state index in [1.165, 1.54) is 22.2 Å². The van der Waals surface area contributed by atoms with Gasteiger partial charge in [-0.05, 0) is 49.1 Å². The van der Waals surface area contributed by atoms with E-state index in [-0.39, 0.29) is 23.4 Å². The van der Waals surface area contributed by atoms with E-state index < -0.39 is 11.9 Å². The molecule has 2 atom stereocenters. The number of amides is 1. The van der Waals surface area contributed by atoms with Gasteiger partial charge >= 0.3 is 6.18 Å². The number of nitriles is 1. The number of nitrogens with one attached hydrogen (secondary N) is 1. The van der Waals surface area contributed by atoms with Gasteiger partial charge in [0.15, 0.2) is 5.69 Å². The Bertz CT molecular complexity index is 1380. The molecule has 1 aromatic carbocycles. The van der Waals surface area contributed by atoms with Crippen molar-refractivity contribution in [3.63, 3.8) is 0 Å². The average Bonchev–Trinajstić information content (AvgIpc) is 3.65. The van der Waals surface area contributed by atoms with E-state index >= 15 is 0 Å². The SMILES string of the molecule is CCn1cc(-c2ccccc2[C@@H]2CN(C(=O)/C=C/[C@@H]3CCCN3)Cc3sc(C#N)cc32)c(C(F)(F)F)n1. The minimum Gasteiger partial charge on any atom is -0.333 e. The first kappa shape index (κ1) is 25.2. The van der Waals surface area contributed by atoms with Crippen LogP contribution in [0.1, 0.15) is 52.3 Å². The number of thiophene rings is 1. The summed E-state index contributed by atoms with van der Waals surface area (Å²) in [5, 5.41) is 16.7. The number of alkyl halides is 3. The first-order valence-corrected chi connectivity index (χ1v) is 13.1. The molecule has 0 aliphatic carbocycles. The van der Waals surface area contributed by atoms with Gasteiger partial charge < -0.3 is 10.2 Å². The van der Waals surface area contributed by atoms with Crippen LogP contribution >= 0.6 is 11.3 Å². The molecule has 0 spiro atoms. The van der Waals surface area contributed by atoms with E-state index in [1.54, 1.807) is 36.1 Å². The largest absolute Gasteiger partial charge is 0.435 e. The Kier molecular flexibility index (Phi) is 6.92. The van der Waals surface area contributed by atoms with Crippen LogP contribution in [0.5, 0.6) is 0 Å². The maximum absolute atomic E-state index is 14.0. The van der Waals surface area contributed by atoms with Gasteiger partial charge in [0.05, 0.1) is 6.54 Å². The molecule has 0 saturated carbocycles. The van der Waals surface area contributed by atoms with Crippen LogP contribution in [0.25, 0.3) is 11.1 Å². The molecule has 10 heteroatoms. The summed E-state index contributed by atoms with van der Waals surface area (Å²) >= 11 is 1.33. The minimum absolute atomic E-state index is 0.0119. The maximum atomic E-state index is 14.0. The van der Waals surface area contributed by atoms with Crippen molar-refractivity contribution in [2.45, 2.75) is 51.0 Å². The first-order valence-electron chi connectivity index (χ1n) is 12.3. The monoisotopic (exact) mass is 525 g/mol. The summed E-state index contributed by atoms with van der Waals surface area (Å²) in [6.07, 6.45) is 2.33. The molecule has 1 N–H and O–H groups in total. The summed E-state index contributed by atoms with van der Waals surface area (Å²) < 4.78 is 43.1. The number of nitrogens with zero attached hydrogens (tertiary/aromatic N) is 4. The van der Waals surface area contributed by atoms with Crippen molar-refractivity contribution in [3.8, 4) is 17.2 Å². The van der Waals surface area contributed by atoms with Crippen molar-refractivity contribution in [1.82, 2.24) is 20.0 Å². The number of aryl methyl sites for hydroxylation is 1. The van der Waals surface area contributed by atoms with E-state index in [2.05, 4.69) is 16.5 Å². The Morgan fingerprint density at radius 1 is 1.30 bits per heavy atom. The van der Waals surface area contributed by atoms with Crippen LogP contribution in [0.15, 0.2) is 48.7 Å². The number of carbonyl (C=O) groups excluding carboxylic acids is 1. The highest BCUT2D eigenvalue weighted by atomic mass is 32.1. The zero-order valence-electron chi connectivity index (χ0n) is 20.3. The Balaban J connectivity index is 1.57. The molecule has 0 radical (unpaired) electrons. The molecule has 4 heterocycles. The number of carbonyl (C=O) groups is 1. The third-order valence-electron chi connectivity index (χ3n) is 6.93. The van der Waals surface area contributed by atoms with Crippen molar-refractivity contribution < 1.29 is 18.0 Å². The summed E-state index contributed by atoms with van der Waals surface area (Å²) in [5.41, 5.74) is 1.07. The van der Waals surface area contributed by atoms with Crippen LogP contribution in [0.4, 0.5) is 13.2 Å². The Labute approximate surface area is 217 Å². The van der Waals surface area contributed by atoms with Crippen LogP contribution < -0.4 is 5.32 Å². The fourth-order valence-corrected chi connectivity index (χ4v) is 6.16. The fraction of sp³-hybridized carbons (Fsp3) is 0.370. The second kappa shape index (κ2) is 10.1. The topological polar surface area (TPSA) is 74.0 Å². The molecule has 5 rings (SSSR count). The number of fused-ring (bicyclic) bond motifs is 1. The Hall–Kier alpha value is -3.42. The normalized spacial score (nSPS) is 19.8. The third kappa shape index (κ3) is 5.06. The Morgan fingerprint density at radius 3 is 2.81 bits per heavy atom. The molecule has 2 aliphatic rings. The zero-order valence-corrected chi connectivity index (χ0v) is 21.1. The summed E-state index contributed by atoms with van der Waals surface area (Å²) in [4.78, 5) is 16.3. The average molecular weight is 526 g/mol. The molecule has 0 bridgehead atoms. The number of benzene rings is 1. The van der Waals surface area contributed by atoms with Crippen molar-refractivity contribution >= 4 is 17.2 Å². The van der Waals surface area contributed by atoms with Crippen molar-refractivity contribution in [3.05, 3.63) is 75.3 Å². The van der Waals surface area contributed by atoms with Crippen LogP contribution in [0.3, 0.4) is 0 Å². The molecular weight excluding hydrogens is 499 g/mol. The van der Waals surface area contributed by atoms with Crippen molar-refractivity contribution in [2.75, 3.05) is 13.1 Å². The van der Waals surface area contributed by atoms with Gasteiger partial charge in [0.25, 0.3) is 0 Å². The second-order valence-electron chi connectivity index (χ2n) is 9.27. The van der Waals surface area contributed by atoms with Gasteiger partial charge in [0.2, 0.25) is 5.91 Å². The molecule has 2 aliphatic heterocycles. The highest BCUT2D eigenvalue weighted by Gasteiger charge is 2.39. The van der Waals surface area contributed by atoms with E-state index in [0.717, 1.165) is 29.8 Å².